The van der Waals surface area contributed by atoms with E-state index in [2.05, 4.69) is 15.4 Å². The Bertz CT molecular complexity index is 264. The van der Waals surface area contributed by atoms with Gasteiger partial charge in [-0.05, 0) is 19.0 Å². The van der Waals surface area contributed by atoms with Crippen molar-refractivity contribution in [3.63, 3.8) is 0 Å². The highest BCUT2D eigenvalue weighted by Gasteiger charge is 2.28. The van der Waals surface area contributed by atoms with Crippen LogP contribution < -0.4 is 10.6 Å². The molecular formula is C11H20N2O3. The molecule has 5 heteroatoms. The number of methoxy groups -OCH3 is 1. The zero-order valence-corrected chi connectivity index (χ0v) is 10.1. The second-order valence-electron chi connectivity index (χ2n) is 4.38. The van der Waals surface area contributed by atoms with Crippen LogP contribution in [0.3, 0.4) is 0 Å². The molecule has 2 unspecified atom stereocenters. The molecule has 1 aliphatic rings. The van der Waals surface area contributed by atoms with E-state index in [4.69, 9.17) is 0 Å². The zero-order chi connectivity index (χ0) is 12.1. The van der Waals surface area contributed by atoms with E-state index in [9.17, 15) is 9.59 Å². The van der Waals surface area contributed by atoms with Crippen molar-refractivity contribution >= 4 is 11.9 Å². The molecule has 1 heterocycles. The van der Waals surface area contributed by atoms with Crippen LogP contribution in [0.15, 0.2) is 0 Å². The number of carbonyl (C=O) groups is 2. The Labute approximate surface area is 95.9 Å². The van der Waals surface area contributed by atoms with E-state index in [1.54, 1.807) is 6.92 Å². The smallest absolute Gasteiger partial charge is 0.310 e. The van der Waals surface area contributed by atoms with Crippen LogP contribution in [0.25, 0.3) is 0 Å². The number of rotatable bonds is 5. The second-order valence-corrected chi connectivity index (χ2v) is 4.38. The van der Waals surface area contributed by atoms with E-state index in [1.165, 1.54) is 7.11 Å². The molecule has 0 aromatic heterocycles. The van der Waals surface area contributed by atoms with Crippen molar-refractivity contribution in [3.8, 4) is 0 Å². The number of carbonyl (C=O) groups excluding carboxylic acids is 2. The fourth-order valence-electron chi connectivity index (χ4n) is 1.58. The van der Waals surface area contributed by atoms with Crippen molar-refractivity contribution in [2.45, 2.75) is 13.8 Å². The standard InChI is InChI=1S/C11H20N2O3/c1-7(11(15)16-3)4-13-10(14)8(2)9-5-12-6-9/h7-9,12H,4-6H2,1-3H3,(H,13,14). The van der Waals surface area contributed by atoms with Gasteiger partial charge in [-0.25, -0.2) is 0 Å². The van der Waals surface area contributed by atoms with Gasteiger partial charge in [0.05, 0.1) is 13.0 Å². The van der Waals surface area contributed by atoms with Gasteiger partial charge in [0.2, 0.25) is 5.91 Å². The van der Waals surface area contributed by atoms with Crippen LogP contribution in [-0.2, 0) is 14.3 Å². The maximum absolute atomic E-state index is 11.7. The largest absolute Gasteiger partial charge is 0.469 e. The average molecular weight is 228 g/mol. The molecule has 1 saturated heterocycles. The minimum atomic E-state index is -0.293. The number of nitrogens with one attached hydrogen (secondary N) is 2. The molecule has 0 bridgehead atoms. The van der Waals surface area contributed by atoms with Crippen LogP contribution in [-0.4, -0.2) is 38.6 Å². The maximum atomic E-state index is 11.7. The maximum Gasteiger partial charge on any atom is 0.310 e. The average Bonchev–Trinajstić information content (AvgIpc) is 2.21. The Morgan fingerprint density at radius 2 is 2.06 bits per heavy atom. The summed E-state index contributed by atoms with van der Waals surface area (Å²) in [5, 5.41) is 5.91. The normalized spacial score (nSPS) is 19.4. The highest BCUT2D eigenvalue weighted by molar-refractivity contribution is 5.80. The molecule has 16 heavy (non-hydrogen) atoms. The zero-order valence-electron chi connectivity index (χ0n) is 10.1. The minimum Gasteiger partial charge on any atom is -0.469 e. The van der Waals surface area contributed by atoms with Gasteiger partial charge in [0, 0.05) is 12.5 Å². The van der Waals surface area contributed by atoms with Gasteiger partial charge in [-0.3, -0.25) is 9.59 Å². The lowest BCUT2D eigenvalue weighted by molar-refractivity contribution is -0.144. The van der Waals surface area contributed by atoms with Crippen LogP contribution in [0.4, 0.5) is 0 Å². The molecule has 0 aliphatic carbocycles. The van der Waals surface area contributed by atoms with Crippen molar-refractivity contribution in [2.75, 3.05) is 26.7 Å². The number of esters is 1. The summed E-state index contributed by atoms with van der Waals surface area (Å²) in [5.41, 5.74) is 0. The molecule has 0 aromatic carbocycles. The Morgan fingerprint density at radius 3 is 2.50 bits per heavy atom. The lowest BCUT2D eigenvalue weighted by Gasteiger charge is -2.31. The van der Waals surface area contributed by atoms with Gasteiger partial charge in [0.25, 0.3) is 0 Å². The van der Waals surface area contributed by atoms with E-state index in [1.807, 2.05) is 6.92 Å². The summed E-state index contributed by atoms with van der Waals surface area (Å²) >= 11 is 0. The third kappa shape index (κ3) is 3.20. The topological polar surface area (TPSA) is 67.4 Å². The van der Waals surface area contributed by atoms with E-state index < -0.39 is 0 Å². The molecular weight excluding hydrogens is 208 g/mol. The van der Waals surface area contributed by atoms with Gasteiger partial charge in [-0.15, -0.1) is 0 Å². The van der Waals surface area contributed by atoms with E-state index >= 15 is 0 Å². The molecule has 0 spiro atoms. The predicted molar refractivity (Wildman–Crippen MR) is 59.7 cm³/mol. The van der Waals surface area contributed by atoms with Crippen molar-refractivity contribution in [2.24, 2.45) is 17.8 Å². The van der Waals surface area contributed by atoms with Crippen molar-refractivity contribution in [3.05, 3.63) is 0 Å². The van der Waals surface area contributed by atoms with Crippen LogP contribution in [0.1, 0.15) is 13.8 Å². The summed E-state index contributed by atoms with van der Waals surface area (Å²) in [7, 11) is 1.35. The molecule has 2 N–H and O–H groups in total. The van der Waals surface area contributed by atoms with E-state index in [-0.39, 0.29) is 23.7 Å². The quantitative estimate of drug-likeness (QED) is 0.638. The molecule has 1 amide bonds. The Morgan fingerprint density at radius 1 is 1.44 bits per heavy atom. The van der Waals surface area contributed by atoms with Gasteiger partial charge in [0.15, 0.2) is 0 Å². The molecule has 0 saturated carbocycles. The summed E-state index contributed by atoms with van der Waals surface area (Å²) in [6.45, 7) is 5.81. The lowest BCUT2D eigenvalue weighted by atomic mass is 9.88. The predicted octanol–water partition coefficient (Wildman–Crippen LogP) is -0.233. The molecule has 92 valence electrons. The number of amides is 1. The van der Waals surface area contributed by atoms with Crippen LogP contribution >= 0.6 is 0 Å². The van der Waals surface area contributed by atoms with Crippen molar-refractivity contribution in [1.82, 2.24) is 10.6 Å². The lowest BCUT2D eigenvalue weighted by Crippen LogP contribution is -2.50. The van der Waals surface area contributed by atoms with Gasteiger partial charge in [0.1, 0.15) is 0 Å². The van der Waals surface area contributed by atoms with Crippen molar-refractivity contribution in [1.29, 1.82) is 0 Å². The molecule has 1 rings (SSSR count). The van der Waals surface area contributed by atoms with E-state index in [0.29, 0.717) is 12.5 Å². The SMILES string of the molecule is COC(=O)C(C)CNC(=O)C(C)C1CNC1. The summed E-state index contributed by atoms with van der Waals surface area (Å²) < 4.78 is 4.58. The third-order valence-electron chi connectivity index (χ3n) is 3.12. The highest BCUT2D eigenvalue weighted by Crippen LogP contribution is 2.15. The van der Waals surface area contributed by atoms with Crippen LogP contribution in [0.5, 0.6) is 0 Å². The molecule has 1 aliphatic heterocycles. The van der Waals surface area contributed by atoms with Gasteiger partial charge in [-0.1, -0.05) is 13.8 Å². The van der Waals surface area contributed by atoms with Crippen LogP contribution in [0.2, 0.25) is 0 Å². The van der Waals surface area contributed by atoms with Gasteiger partial charge in [-0.2, -0.15) is 0 Å². The summed E-state index contributed by atoms with van der Waals surface area (Å²) in [6, 6.07) is 0. The fraction of sp³-hybridized carbons (Fsp3) is 0.818. The van der Waals surface area contributed by atoms with Gasteiger partial charge >= 0.3 is 5.97 Å². The summed E-state index contributed by atoms with van der Waals surface area (Å²) in [6.07, 6.45) is 0. The number of hydrogen-bond acceptors (Lipinski definition) is 4. The molecule has 0 radical (unpaired) electrons. The Balaban J connectivity index is 2.25. The Hall–Kier alpha value is -1.10. The minimum absolute atomic E-state index is 0.00565. The molecule has 0 aromatic rings. The van der Waals surface area contributed by atoms with Crippen LogP contribution in [0, 0.1) is 17.8 Å². The first-order valence-electron chi connectivity index (χ1n) is 5.62. The third-order valence-corrected chi connectivity index (χ3v) is 3.12. The highest BCUT2D eigenvalue weighted by atomic mass is 16.5. The monoisotopic (exact) mass is 228 g/mol. The molecule has 2 atom stereocenters. The molecule has 5 nitrogen and oxygen atoms in total. The first kappa shape index (κ1) is 13.0. The summed E-state index contributed by atoms with van der Waals surface area (Å²) in [5.74, 6) is -0.138. The summed E-state index contributed by atoms with van der Waals surface area (Å²) in [4.78, 5) is 22.8. The second kappa shape index (κ2) is 5.84. The van der Waals surface area contributed by atoms with Crippen molar-refractivity contribution < 1.29 is 14.3 Å². The number of ether oxygens (including phenoxy) is 1. The van der Waals surface area contributed by atoms with E-state index in [0.717, 1.165) is 13.1 Å². The first-order valence-corrected chi connectivity index (χ1v) is 5.62. The van der Waals surface area contributed by atoms with Gasteiger partial charge < -0.3 is 15.4 Å². The Kier molecular flexibility index (Phi) is 4.73. The molecule has 1 fully saturated rings. The number of hydrogen-bond donors (Lipinski definition) is 2. The first-order chi connectivity index (χ1) is 7.56. The fourth-order valence-corrected chi connectivity index (χ4v) is 1.58.